The summed E-state index contributed by atoms with van der Waals surface area (Å²) in [7, 11) is 0. The second kappa shape index (κ2) is 4.62. The molecule has 1 aromatic carbocycles. The van der Waals surface area contributed by atoms with Gasteiger partial charge in [-0.1, -0.05) is 21.9 Å². The molecule has 0 saturated heterocycles. The zero-order chi connectivity index (χ0) is 11.4. The fourth-order valence-electron chi connectivity index (χ4n) is 0.919. The van der Waals surface area contributed by atoms with Gasteiger partial charge in [0, 0.05) is 10.0 Å². The number of carbonyl (C=O) groups excluding carboxylic acids is 1. The van der Waals surface area contributed by atoms with E-state index in [1.165, 1.54) is 12.1 Å². The summed E-state index contributed by atoms with van der Waals surface area (Å²) in [5.74, 6) is 2.78. The van der Waals surface area contributed by atoms with Crippen molar-refractivity contribution < 1.29 is 14.7 Å². The highest BCUT2D eigenvalue weighted by atomic mass is 79.9. The molecule has 15 heavy (non-hydrogen) atoms. The van der Waals surface area contributed by atoms with E-state index in [2.05, 4.69) is 27.8 Å². The summed E-state index contributed by atoms with van der Waals surface area (Å²) < 4.78 is 0.580. The van der Waals surface area contributed by atoms with E-state index < -0.39 is 11.9 Å². The molecule has 0 bridgehead atoms. The van der Waals surface area contributed by atoms with Crippen LogP contribution in [0.1, 0.15) is 15.9 Å². The van der Waals surface area contributed by atoms with E-state index in [1.54, 1.807) is 6.07 Å². The van der Waals surface area contributed by atoms with Crippen molar-refractivity contribution in [3.8, 4) is 11.8 Å². The lowest BCUT2D eigenvalue weighted by molar-refractivity contribution is -0.112. The first-order chi connectivity index (χ1) is 6.99. The standard InChI is InChI=1S/C10H6BrNO3/c11-8-4-6(1-2-9(12)13)3-7(5-8)10(14)15/h3-5H,(H2,12,13)(H,14,15). The second-order valence-electron chi connectivity index (χ2n) is 2.65. The third kappa shape index (κ3) is 3.44. The summed E-state index contributed by atoms with van der Waals surface area (Å²) in [5.41, 5.74) is 5.35. The zero-order valence-electron chi connectivity index (χ0n) is 7.45. The Bertz CT molecular complexity index is 485. The molecule has 4 nitrogen and oxygen atoms in total. The number of halogens is 1. The molecule has 0 radical (unpaired) electrons. The lowest BCUT2D eigenvalue weighted by atomic mass is 10.1. The highest BCUT2D eigenvalue weighted by Crippen LogP contribution is 2.15. The van der Waals surface area contributed by atoms with Crippen LogP contribution in [0.4, 0.5) is 0 Å². The van der Waals surface area contributed by atoms with E-state index in [-0.39, 0.29) is 5.56 Å². The second-order valence-corrected chi connectivity index (χ2v) is 3.56. The van der Waals surface area contributed by atoms with Gasteiger partial charge in [-0.25, -0.2) is 4.79 Å². The molecule has 0 aliphatic rings. The van der Waals surface area contributed by atoms with Crippen molar-refractivity contribution in [2.75, 3.05) is 0 Å². The Morgan fingerprint density at radius 3 is 2.53 bits per heavy atom. The maximum absolute atomic E-state index is 10.7. The van der Waals surface area contributed by atoms with Crippen molar-refractivity contribution >= 4 is 27.8 Å². The maximum Gasteiger partial charge on any atom is 0.335 e. The van der Waals surface area contributed by atoms with Crippen LogP contribution in [-0.4, -0.2) is 17.0 Å². The Labute approximate surface area is 94.2 Å². The van der Waals surface area contributed by atoms with E-state index >= 15 is 0 Å². The number of primary amides is 1. The summed E-state index contributed by atoms with van der Waals surface area (Å²) in [4.78, 5) is 21.1. The Kier molecular flexibility index (Phi) is 3.47. The SMILES string of the molecule is NC(=O)C#Cc1cc(Br)cc(C(=O)O)c1. The van der Waals surface area contributed by atoms with Crippen LogP contribution in [-0.2, 0) is 4.79 Å². The normalized spacial score (nSPS) is 8.87. The molecular formula is C10H6BrNO3. The van der Waals surface area contributed by atoms with Gasteiger partial charge in [-0.2, -0.15) is 0 Å². The number of amides is 1. The Morgan fingerprint density at radius 2 is 2.00 bits per heavy atom. The van der Waals surface area contributed by atoms with Crippen molar-refractivity contribution in [3.63, 3.8) is 0 Å². The van der Waals surface area contributed by atoms with Gasteiger partial charge in [0.2, 0.25) is 0 Å². The number of aromatic carboxylic acids is 1. The summed E-state index contributed by atoms with van der Waals surface area (Å²) in [5, 5.41) is 8.75. The van der Waals surface area contributed by atoms with Crippen molar-refractivity contribution in [2.24, 2.45) is 5.73 Å². The van der Waals surface area contributed by atoms with Crippen molar-refractivity contribution in [3.05, 3.63) is 33.8 Å². The monoisotopic (exact) mass is 267 g/mol. The molecule has 0 unspecified atom stereocenters. The number of rotatable bonds is 1. The number of carboxylic acid groups (broad SMARTS) is 1. The average molecular weight is 268 g/mol. The smallest absolute Gasteiger partial charge is 0.335 e. The number of carboxylic acids is 1. The molecule has 0 aliphatic carbocycles. The molecule has 0 heterocycles. The first kappa shape index (κ1) is 11.3. The van der Waals surface area contributed by atoms with Crippen LogP contribution in [0, 0.1) is 11.8 Å². The minimum atomic E-state index is -1.06. The Hall–Kier alpha value is -1.80. The minimum Gasteiger partial charge on any atom is -0.478 e. The fourth-order valence-corrected chi connectivity index (χ4v) is 1.41. The van der Waals surface area contributed by atoms with Gasteiger partial charge < -0.3 is 10.8 Å². The van der Waals surface area contributed by atoms with Crippen LogP contribution in [0.3, 0.4) is 0 Å². The maximum atomic E-state index is 10.7. The van der Waals surface area contributed by atoms with Gasteiger partial charge in [0.1, 0.15) is 0 Å². The molecule has 1 rings (SSSR count). The highest BCUT2D eigenvalue weighted by Gasteiger charge is 2.04. The van der Waals surface area contributed by atoms with Crippen LogP contribution < -0.4 is 5.73 Å². The topological polar surface area (TPSA) is 80.4 Å². The van der Waals surface area contributed by atoms with Crippen LogP contribution in [0.15, 0.2) is 22.7 Å². The van der Waals surface area contributed by atoms with Crippen molar-refractivity contribution in [1.82, 2.24) is 0 Å². The third-order valence-corrected chi connectivity index (χ3v) is 1.93. The molecule has 0 saturated carbocycles. The van der Waals surface area contributed by atoms with E-state index in [0.717, 1.165) is 0 Å². The van der Waals surface area contributed by atoms with Gasteiger partial charge >= 0.3 is 5.97 Å². The lowest BCUT2D eigenvalue weighted by Gasteiger charge is -1.97. The molecule has 1 amide bonds. The van der Waals surface area contributed by atoms with Gasteiger partial charge in [-0.15, -0.1) is 0 Å². The summed E-state index contributed by atoms with van der Waals surface area (Å²) in [6.45, 7) is 0. The molecule has 0 aliphatic heterocycles. The van der Waals surface area contributed by atoms with E-state index in [1.807, 2.05) is 0 Å². The average Bonchev–Trinajstić information content (AvgIpc) is 2.13. The van der Waals surface area contributed by atoms with E-state index in [0.29, 0.717) is 10.0 Å². The number of hydrogen-bond acceptors (Lipinski definition) is 2. The van der Waals surface area contributed by atoms with Crippen molar-refractivity contribution in [2.45, 2.75) is 0 Å². The predicted molar refractivity (Wildman–Crippen MR) is 57.2 cm³/mol. The molecule has 1 aromatic rings. The van der Waals surface area contributed by atoms with Crippen LogP contribution in [0.5, 0.6) is 0 Å². The van der Waals surface area contributed by atoms with Crippen LogP contribution in [0.2, 0.25) is 0 Å². The van der Waals surface area contributed by atoms with Crippen LogP contribution in [0.25, 0.3) is 0 Å². The molecule has 0 fully saturated rings. The highest BCUT2D eigenvalue weighted by molar-refractivity contribution is 9.10. The molecule has 3 N–H and O–H groups in total. The largest absolute Gasteiger partial charge is 0.478 e. The summed E-state index contributed by atoms with van der Waals surface area (Å²) in [6.07, 6.45) is 0. The Balaban J connectivity index is 3.17. The molecule has 0 spiro atoms. The molecule has 76 valence electrons. The summed E-state index contributed by atoms with van der Waals surface area (Å²) >= 11 is 3.14. The van der Waals surface area contributed by atoms with Gasteiger partial charge in [0.25, 0.3) is 5.91 Å². The first-order valence-corrected chi connectivity index (χ1v) is 4.63. The van der Waals surface area contributed by atoms with Crippen molar-refractivity contribution in [1.29, 1.82) is 0 Å². The lowest BCUT2D eigenvalue weighted by Crippen LogP contribution is -2.06. The number of carbonyl (C=O) groups is 2. The quantitative estimate of drug-likeness (QED) is 0.745. The van der Waals surface area contributed by atoms with Gasteiger partial charge in [0.15, 0.2) is 0 Å². The number of benzene rings is 1. The first-order valence-electron chi connectivity index (χ1n) is 3.84. The molecular weight excluding hydrogens is 262 g/mol. The van der Waals surface area contributed by atoms with Gasteiger partial charge in [0.05, 0.1) is 5.56 Å². The molecule has 0 atom stereocenters. The number of hydrogen-bond donors (Lipinski definition) is 2. The minimum absolute atomic E-state index is 0.0955. The molecule has 5 heteroatoms. The van der Waals surface area contributed by atoms with Gasteiger partial charge in [-0.05, 0) is 24.1 Å². The summed E-state index contributed by atoms with van der Waals surface area (Å²) in [6, 6.07) is 4.41. The molecule has 0 aromatic heterocycles. The predicted octanol–water partition coefficient (Wildman–Crippen LogP) is 0.984. The van der Waals surface area contributed by atoms with E-state index in [4.69, 9.17) is 10.8 Å². The Morgan fingerprint density at radius 1 is 1.33 bits per heavy atom. The third-order valence-electron chi connectivity index (χ3n) is 1.47. The van der Waals surface area contributed by atoms with Crippen LogP contribution >= 0.6 is 15.9 Å². The zero-order valence-corrected chi connectivity index (χ0v) is 9.04. The van der Waals surface area contributed by atoms with Gasteiger partial charge in [-0.3, -0.25) is 4.79 Å². The van der Waals surface area contributed by atoms with E-state index in [9.17, 15) is 9.59 Å². The fraction of sp³-hybridized carbons (Fsp3) is 0. The number of nitrogens with two attached hydrogens (primary N) is 1.